The lowest BCUT2D eigenvalue weighted by molar-refractivity contribution is 0.122. The van der Waals surface area contributed by atoms with Gasteiger partial charge >= 0.3 is 0 Å². The molecule has 1 rings (SSSR count). The predicted molar refractivity (Wildman–Crippen MR) is 70.0 cm³/mol. The van der Waals surface area contributed by atoms with Gasteiger partial charge in [0.2, 0.25) is 0 Å². The van der Waals surface area contributed by atoms with Gasteiger partial charge in [0.05, 0.1) is 13.2 Å². The SMILES string of the molecule is COc1c(C)cc(Br)c(C)c1C(O)C(C)C. The molecule has 0 heterocycles. The molecule has 1 aromatic rings. The highest BCUT2D eigenvalue weighted by Gasteiger charge is 2.22. The van der Waals surface area contributed by atoms with Crippen LogP contribution < -0.4 is 4.74 Å². The first kappa shape index (κ1) is 13.5. The number of aliphatic hydroxyl groups excluding tert-OH is 1. The van der Waals surface area contributed by atoms with E-state index in [9.17, 15) is 5.11 Å². The standard InChI is InChI=1S/C13H19BrO2/c1-7(2)12(15)11-9(4)10(14)6-8(3)13(11)16-5/h6-7,12,15H,1-5H3. The van der Waals surface area contributed by atoms with Crippen molar-refractivity contribution < 1.29 is 9.84 Å². The Morgan fingerprint density at radius 3 is 2.31 bits per heavy atom. The minimum Gasteiger partial charge on any atom is -0.496 e. The van der Waals surface area contributed by atoms with E-state index in [1.807, 2.05) is 33.8 Å². The first-order chi connectivity index (χ1) is 7.40. The predicted octanol–water partition coefficient (Wildman–Crippen LogP) is 3.76. The Morgan fingerprint density at radius 1 is 1.31 bits per heavy atom. The van der Waals surface area contributed by atoms with Crippen molar-refractivity contribution in [2.45, 2.75) is 33.8 Å². The Balaban J connectivity index is 3.44. The summed E-state index contributed by atoms with van der Waals surface area (Å²) in [5, 5.41) is 10.2. The lowest BCUT2D eigenvalue weighted by Gasteiger charge is -2.22. The van der Waals surface area contributed by atoms with E-state index in [4.69, 9.17) is 4.74 Å². The van der Waals surface area contributed by atoms with Crippen LogP contribution in [0.2, 0.25) is 0 Å². The quantitative estimate of drug-likeness (QED) is 0.917. The fourth-order valence-electron chi connectivity index (χ4n) is 1.84. The summed E-state index contributed by atoms with van der Waals surface area (Å²) < 4.78 is 6.42. The Morgan fingerprint density at radius 2 is 1.88 bits per heavy atom. The van der Waals surface area contributed by atoms with Crippen LogP contribution in [0.3, 0.4) is 0 Å². The molecule has 2 nitrogen and oxygen atoms in total. The summed E-state index contributed by atoms with van der Waals surface area (Å²) in [6.07, 6.45) is -0.494. The van der Waals surface area contributed by atoms with Gasteiger partial charge in [-0.3, -0.25) is 0 Å². The lowest BCUT2D eigenvalue weighted by Crippen LogP contribution is -2.10. The number of halogens is 1. The third-order valence-electron chi connectivity index (χ3n) is 2.84. The molecule has 0 aliphatic heterocycles. The van der Waals surface area contributed by atoms with Gasteiger partial charge in [-0.15, -0.1) is 0 Å². The minimum absolute atomic E-state index is 0.168. The van der Waals surface area contributed by atoms with Crippen LogP contribution in [0.4, 0.5) is 0 Å². The van der Waals surface area contributed by atoms with Gasteiger partial charge in [-0.25, -0.2) is 0 Å². The molecular weight excluding hydrogens is 268 g/mol. The summed E-state index contributed by atoms with van der Waals surface area (Å²) >= 11 is 3.51. The van der Waals surface area contributed by atoms with Crippen LogP contribution in [0.25, 0.3) is 0 Å². The van der Waals surface area contributed by atoms with Crippen molar-refractivity contribution in [3.05, 3.63) is 27.2 Å². The van der Waals surface area contributed by atoms with Gasteiger partial charge in [-0.2, -0.15) is 0 Å². The van der Waals surface area contributed by atoms with Crippen molar-refractivity contribution in [1.29, 1.82) is 0 Å². The van der Waals surface area contributed by atoms with Gasteiger partial charge in [-0.1, -0.05) is 29.8 Å². The number of aryl methyl sites for hydroxylation is 1. The van der Waals surface area contributed by atoms with Crippen LogP contribution in [-0.2, 0) is 0 Å². The van der Waals surface area contributed by atoms with E-state index < -0.39 is 6.10 Å². The third-order valence-corrected chi connectivity index (χ3v) is 3.66. The molecule has 0 fully saturated rings. The molecule has 0 amide bonds. The molecule has 1 atom stereocenters. The second kappa shape index (κ2) is 5.19. The molecule has 1 aromatic carbocycles. The van der Waals surface area contributed by atoms with E-state index in [2.05, 4.69) is 15.9 Å². The number of methoxy groups -OCH3 is 1. The maximum atomic E-state index is 10.2. The first-order valence-corrected chi connectivity index (χ1v) is 6.21. The summed E-state index contributed by atoms with van der Waals surface area (Å²) in [6.45, 7) is 7.98. The maximum Gasteiger partial charge on any atom is 0.127 e. The Kier molecular flexibility index (Phi) is 4.39. The van der Waals surface area contributed by atoms with E-state index in [1.165, 1.54) is 0 Å². The average molecular weight is 287 g/mol. The van der Waals surface area contributed by atoms with Crippen LogP contribution in [0, 0.1) is 19.8 Å². The van der Waals surface area contributed by atoms with Gasteiger partial charge in [0.15, 0.2) is 0 Å². The summed E-state index contributed by atoms with van der Waals surface area (Å²) in [5.74, 6) is 0.961. The first-order valence-electron chi connectivity index (χ1n) is 5.41. The molecule has 1 unspecified atom stereocenters. The monoisotopic (exact) mass is 286 g/mol. The molecule has 0 saturated carbocycles. The topological polar surface area (TPSA) is 29.5 Å². The van der Waals surface area contributed by atoms with Gasteiger partial charge in [0.25, 0.3) is 0 Å². The zero-order valence-corrected chi connectivity index (χ0v) is 12.1. The van der Waals surface area contributed by atoms with Crippen molar-refractivity contribution in [2.24, 2.45) is 5.92 Å². The smallest absolute Gasteiger partial charge is 0.127 e. The Labute approximate surface area is 106 Å². The number of hydrogen-bond donors (Lipinski definition) is 1. The Bertz CT molecular complexity index is 386. The van der Waals surface area contributed by atoms with Gasteiger partial charge < -0.3 is 9.84 Å². The summed E-state index contributed by atoms with van der Waals surface area (Å²) in [4.78, 5) is 0. The number of rotatable bonds is 3. The van der Waals surface area contributed by atoms with E-state index in [0.29, 0.717) is 0 Å². The van der Waals surface area contributed by atoms with Crippen LogP contribution in [0.1, 0.15) is 36.6 Å². The number of ether oxygens (including phenoxy) is 1. The van der Waals surface area contributed by atoms with Crippen LogP contribution in [-0.4, -0.2) is 12.2 Å². The molecule has 1 N–H and O–H groups in total. The molecule has 0 spiro atoms. The summed E-state index contributed by atoms with van der Waals surface area (Å²) in [5.41, 5.74) is 2.97. The summed E-state index contributed by atoms with van der Waals surface area (Å²) in [6, 6.07) is 2.02. The third kappa shape index (κ3) is 2.41. The molecule has 0 aliphatic carbocycles. The number of benzene rings is 1. The van der Waals surface area contributed by atoms with E-state index >= 15 is 0 Å². The molecule has 0 bridgehead atoms. The van der Waals surface area contributed by atoms with E-state index in [-0.39, 0.29) is 5.92 Å². The van der Waals surface area contributed by atoms with E-state index in [0.717, 1.165) is 26.9 Å². The molecule has 0 saturated heterocycles. The van der Waals surface area contributed by atoms with Crippen LogP contribution in [0.5, 0.6) is 5.75 Å². The van der Waals surface area contributed by atoms with Gasteiger partial charge in [0, 0.05) is 10.0 Å². The zero-order chi connectivity index (χ0) is 12.5. The van der Waals surface area contributed by atoms with Crippen LogP contribution >= 0.6 is 15.9 Å². The molecule has 3 heteroatoms. The highest BCUT2D eigenvalue weighted by molar-refractivity contribution is 9.10. The number of aliphatic hydroxyl groups is 1. The fraction of sp³-hybridized carbons (Fsp3) is 0.538. The van der Waals surface area contributed by atoms with Crippen molar-refractivity contribution in [3.8, 4) is 5.75 Å². The molecule has 16 heavy (non-hydrogen) atoms. The Hall–Kier alpha value is -0.540. The zero-order valence-electron chi connectivity index (χ0n) is 10.5. The average Bonchev–Trinajstić information content (AvgIpc) is 2.21. The van der Waals surface area contributed by atoms with Crippen molar-refractivity contribution in [2.75, 3.05) is 7.11 Å². The minimum atomic E-state index is -0.494. The van der Waals surface area contributed by atoms with Gasteiger partial charge in [0.1, 0.15) is 5.75 Å². The van der Waals surface area contributed by atoms with E-state index in [1.54, 1.807) is 7.11 Å². The van der Waals surface area contributed by atoms with Crippen molar-refractivity contribution >= 4 is 15.9 Å². The molecule has 90 valence electrons. The highest BCUT2D eigenvalue weighted by atomic mass is 79.9. The van der Waals surface area contributed by atoms with Crippen LogP contribution in [0.15, 0.2) is 10.5 Å². The fourth-order valence-corrected chi connectivity index (χ4v) is 2.39. The number of hydrogen-bond acceptors (Lipinski definition) is 2. The summed E-state index contributed by atoms with van der Waals surface area (Å²) in [7, 11) is 1.65. The molecule has 0 aliphatic rings. The maximum absolute atomic E-state index is 10.2. The van der Waals surface area contributed by atoms with Crippen molar-refractivity contribution in [1.82, 2.24) is 0 Å². The van der Waals surface area contributed by atoms with Crippen molar-refractivity contribution in [3.63, 3.8) is 0 Å². The second-order valence-electron chi connectivity index (χ2n) is 4.44. The largest absolute Gasteiger partial charge is 0.496 e. The second-order valence-corrected chi connectivity index (χ2v) is 5.29. The molecule has 0 aromatic heterocycles. The lowest BCUT2D eigenvalue weighted by atomic mass is 9.92. The normalized spacial score (nSPS) is 13.0. The van der Waals surface area contributed by atoms with Gasteiger partial charge in [-0.05, 0) is 37.0 Å². The molecular formula is C13H19BrO2. The molecule has 0 radical (unpaired) electrons. The highest BCUT2D eigenvalue weighted by Crippen LogP contribution is 2.38.